The first kappa shape index (κ1) is 18.7. The summed E-state index contributed by atoms with van der Waals surface area (Å²) >= 11 is 0. The number of piperidine rings is 1. The number of nitrogens with one attached hydrogen (secondary N) is 1. The molecule has 0 spiro atoms. The van der Waals surface area contributed by atoms with E-state index in [2.05, 4.69) is 28.2 Å². The third-order valence-electron chi connectivity index (χ3n) is 5.78. The molecule has 6 nitrogen and oxygen atoms in total. The monoisotopic (exact) mass is 355 g/mol. The summed E-state index contributed by atoms with van der Waals surface area (Å²) in [6.45, 7) is 7.81. The molecule has 0 aliphatic carbocycles. The lowest BCUT2D eigenvalue weighted by Crippen LogP contribution is -2.46. The van der Waals surface area contributed by atoms with Gasteiger partial charge in [-0.05, 0) is 37.3 Å². The number of aromatic nitrogens is 1. The molecule has 0 bridgehead atoms. The van der Waals surface area contributed by atoms with Gasteiger partial charge in [-0.1, -0.05) is 13.3 Å². The van der Waals surface area contributed by atoms with E-state index < -0.39 is 0 Å². The highest BCUT2D eigenvalue weighted by atomic mass is 16.2. The second-order valence-electron chi connectivity index (χ2n) is 7.53. The number of hydrogen-bond acceptors (Lipinski definition) is 5. The smallest absolute Gasteiger partial charge is 0.219 e. The molecule has 140 valence electrons. The Bertz CT molecular complexity index is 645. The minimum absolute atomic E-state index is 0.195. The number of likely N-dealkylation sites (tertiary alicyclic amines) is 2. The number of rotatable bonds is 5. The molecule has 1 aromatic heterocycles. The molecule has 2 fully saturated rings. The van der Waals surface area contributed by atoms with Crippen LogP contribution in [0.4, 0.5) is 5.82 Å². The zero-order chi connectivity index (χ0) is 18.5. The third-order valence-corrected chi connectivity index (χ3v) is 5.78. The van der Waals surface area contributed by atoms with Crippen molar-refractivity contribution in [3.8, 4) is 6.07 Å². The van der Waals surface area contributed by atoms with Crippen LogP contribution in [0, 0.1) is 17.2 Å². The molecule has 0 saturated carbocycles. The molecule has 1 N–H and O–H groups in total. The number of nitrogens with zero attached hydrogens (tertiary/aromatic N) is 4. The van der Waals surface area contributed by atoms with Crippen molar-refractivity contribution in [3.63, 3.8) is 0 Å². The van der Waals surface area contributed by atoms with Crippen LogP contribution in [-0.4, -0.2) is 59.0 Å². The summed E-state index contributed by atoms with van der Waals surface area (Å²) < 4.78 is 0. The molecular weight excluding hydrogens is 326 g/mol. The van der Waals surface area contributed by atoms with Crippen LogP contribution in [0.1, 0.15) is 45.1 Å². The summed E-state index contributed by atoms with van der Waals surface area (Å²) in [5.41, 5.74) is 0.589. The fraction of sp³-hybridized carbons (Fsp3) is 0.650. The Morgan fingerprint density at radius 2 is 2.12 bits per heavy atom. The number of carbonyl (C=O) groups is 1. The topological polar surface area (TPSA) is 72.3 Å². The Hall–Kier alpha value is -2.13. The fourth-order valence-corrected chi connectivity index (χ4v) is 4.31. The highest BCUT2D eigenvalue weighted by Crippen LogP contribution is 2.29. The van der Waals surface area contributed by atoms with E-state index in [0.717, 1.165) is 44.8 Å². The number of nitriles is 1. The van der Waals surface area contributed by atoms with Crippen LogP contribution in [-0.2, 0) is 4.79 Å². The van der Waals surface area contributed by atoms with Crippen LogP contribution < -0.4 is 5.32 Å². The van der Waals surface area contributed by atoms with Crippen molar-refractivity contribution in [2.45, 2.75) is 51.6 Å². The molecule has 3 heterocycles. The van der Waals surface area contributed by atoms with Crippen molar-refractivity contribution in [2.75, 3.05) is 31.5 Å². The van der Waals surface area contributed by atoms with Gasteiger partial charge in [-0.3, -0.25) is 9.69 Å². The van der Waals surface area contributed by atoms with Gasteiger partial charge in [0.05, 0.1) is 5.56 Å². The van der Waals surface area contributed by atoms with E-state index in [-0.39, 0.29) is 5.91 Å². The van der Waals surface area contributed by atoms with Gasteiger partial charge in [0.15, 0.2) is 0 Å². The second kappa shape index (κ2) is 8.50. The predicted octanol–water partition coefficient (Wildman–Crippen LogP) is 2.48. The molecule has 26 heavy (non-hydrogen) atoms. The van der Waals surface area contributed by atoms with Crippen LogP contribution in [0.25, 0.3) is 0 Å². The van der Waals surface area contributed by atoms with Gasteiger partial charge in [0.2, 0.25) is 5.91 Å². The van der Waals surface area contributed by atoms with Gasteiger partial charge < -0.3 is 10.2 Å². The largest absolute Gasteiger partial charge is 0.366 e. The van der Waals surface area contributed by atoms with E-state index in [4.69, 9.17) is 5.26 Å². The summed E-state index contributed by atoms with van der Waals surface area (Å²) in [6, 6.07) is 6.79. The van der Waals surface area contributed by atoms with E-state index in [9.17, 15) is 4.79 Å². The minimum atomic E-state index is 0.195. The zero-order valence-electron chi connectivity index (χ0n) is 15.8. The van der Waals surface area contributed by atoms with Crippen molar-refractivity contribution in [2.24, 2.45) is 5.92 Å². The summed E-state index contributed by atoms with van der Waals surface area (Å²) in [5, 5.41) is 12.5. The Balaban J connectivity index is 1.61. The lowest BCUT2D eigenvalue weighted by atomic mass is 9.98. The van der Waals surface area contributed by atoms with Crippen molar-refractivity contribution in [3.05, 3.63) is 23.9 Å². The molecule has 2 atom stereocenters. The summed E-state index contributed by atoms with van der Waals surface area (Å²) in [4.78, 5) is 20.5. The summed E-state index contributed by atoms with van der Waals surface area (Å²) in [7, 11) is 0. The number of carbonyl (C=O) groups excluding carboxylic acids is 1. The molecule has 1 amide bonds. The van der Waals surface area contributed by atoms with Crippen molar-refractivity contribution in [1.82, 2.24) is 14.8 Å². The molecule has 2 saturated heterocycles. The average Bonchev–Trinajstić information content (AvgIpc) is 3.05. The Labute approximate surface area is 156 Å². The quantitative estimate of drug-likeness (QED) is 0.878. The van der Waals surface area contributed by atoms with Gasteiger partial charge in [-0.15, -0.1) is 0 Å². The van der Waals surface area contributed by atoms with Gasteiger partial charge in [0.1, 0.15) is 11.9 Å². The Kier molecular flexibility index (Phi) is 6.10. The molecule has 3 rings (SSSR count). The number of pyridine rings is 1. The van der Waals surface area contributed by atoms with E-state index >= 15 is 0 Å². The standard InChI is InChI=1S/C20H29N5O/c1-3-4-17-13-25(18-7-9-24(10-8-18)15(2)26)14-19(17)23-20-6-5-16(11-21)12-22-20/h5-6,12,17-19H,3-4,7-10,13-14H2,1-2H3,(H,22,23)/t17-,19-/m1/s1. The minimum Gasteiger partial charge on any atom is -0.366 e. The van der Waals surface area contributed by atoms with Crippen molar-refractivity contribution >= 4 is 11.7 Å². The molecule has 2 aliphatic rings. The fourth-order valence-electron chi connectivity index (χ4n) is 4.31. The first-order chi connectivity index (χ1) is 12.6. The predicted molar refractivity (Wildman–Crippen MR) is 102 cm³/mol. The van der Waals surface area contributed by atoms with E-state index in [0.29, 0.717) is 23.6 Å². The molecule has 6 heteroatoms. The Morgan fingerprint density at radius 1 is 1.35 bits per heavy atom. The summed E-state index contributed by atoms with van der Waals surface area (Å²) in [5.74, 6) is 1.66. The number of amides is 1. The maximum absolute atomic E-state index is 11.5. The molecular formula is C20H29N5O. The highest BCUT2D eigenvalue weighted by Gasteiger charge is 2.37. The van der Waals surface area contributed by atoms with E-state index in [1.54, 1.807) is 13.1 Å². The molecule has 0 radical (unpaired) electrons. The Morgan fingerprint density at radius 3 is 2.69 bits per heavy atom. The van der Waals surface area contributed by atoms with Gasteiger partial charge in [-0.2, -0.15) is 5.26 Å². The van der Waals surface area contributed by atoms with Crippen LogP contribution in [0.5, 0.6) is 0 Å². The van der Waals surface area contributed by atoms with Gasteiger partial charge in [-0.25, -0.2) is 4.98 Å². The van der Waals surface area contributed by atoms with Crippen LogP contribution >= 0.6 is 0 Å². The average molecular weight is 355 g/mol. The third kappa shape index (κ3) is 4.34. The second-order valence-corrected chi connectivity index (χ2v) is 7.53. The van der Waals surface area contributed by atoms with E-state index in [1.165, 1.54) is 12.8 Å². The normalized spacial score (nSPS) is 24.4. The molecule has 0 unspecified atom stereocenters. The van der Waals surface area contributed by atoms with Crippen LogP contribution in [0.15, 0.2) is 18.3 Å². The maximum atomic E-state index is 11.5. The van der Waals surface area contributed by atoms with Crippen LogP contribution in [0.3, 0.4) is 0 Å². The van der Waals surface area contributed by atoms with Crippen LogP contribution in [0.2, 0.25) is 0 Å². The molecule has 1 aromatic rings. The first-order valence-corrected chi connectivity index (χ1v) is 9.73. The maximum Gasteiger partial charge on any atom is 0.219 e. The van der Waals surface area contributed by atoms with Gasteiger partial charge in [0.25, 0.3) is 0 Å². The lowest BCUT2D eigenvalue weighted by molar-refractivity contribution is -0.130. The number of hydrogen-bond donors (Lipinski definition) is 1. The zero-order valence-corrected chi connectivity index (χ0v) is 15.8. The number of anilines is 1. The summed E-state index contributed by atoms with van der Waals surface area (Å²) in [6.07, 6.45) is 6.15. The van der Waals surface area contributed by atoms with Gasteiger partial charge in [0, 0.05) is 51.4 Å². The van der Waals surface area contributed by atoms with Crippen molar-refractivity contribution in [1.29, 1.82) is 5.26 Å². The van der Waals surface area contributed by atoms with Crippen molar-refractivity contribution < 1.29 is 4.79 Å². The van der Waals surface area contributed by atoms with E-state index in [1.807, 2.05) is 17.0 Å². The molecule has 0 aromatic carbocycles. The molecule has 2 aliphatic heterocycles. The van der Waals surface area contributed by atoms with Gasteiger partial charge >= 0.3 is 0 Å². The SMILES string of the molecule is CCC[C@@H]1CN(C2CCN(C(C)=O)CC2)C[C@H]1Nc1ccc(C#N)cn1. The highest BCUT2D eigenvalue weighted by molar-refractivity contribution is 5.73. The first-order valence-electron chi connectivity index (χ1n) is 9.73. The lowest BCUT2D eigenvalue weighted by Gasteiger charge is -2.36.